The molecule has 1 aromatic carbocycles. The minimum Gasteiger partial charge on any atom is -0.383 e. The zero-order chi connectivity index (χ0) is 22.7. The summed E-state index contributed by atoms with van der Waals surface area (Å²) in [6.45, 7) is 6.72. The second kappa shape index (κ2) is 10.9. The average molecular weight is 473 g/mol. The van der Waals surface area contributed by atoms with E-state index in [1.807, 2.05) is 11.8 Å². The van der Waals surface area contributed by atoms with E-state index >= 15 is 0 Å². The SMILES string of the molecule is CCCN(C)C(=O)c1nc(N)c2c(n1)N(Cc1ccc(CN3CCCC3)cc1)CC(=O)C2.Cl. The molecule has 2 aliphatic rings. The smallest absolute Gasteiger partial charge is 0.291 e. The molecule has 2 N–H and O–H groups in total. The van der Waals surface area contributed by atoms with Crippen molar-refractivity contribution in [3.8, 4) is 0 Å². The summed E-state index contributed by atoms with van der Waals surface area (Å²) in [4.78, 5) is 39.9. The highest BCUT2D eigenvalue weighted by molar-refractivity contribution is 5.94. The number of fused-ring (bicyclic) bond motifs is 1. The van der Waals surface area contributed by atoms with Crippen molar-refractivity contribution in [2.24, 2.45) is 0 Å². The molecule has 0 radical (unpaired) electrons. The Balaban J connectivity index is 0.00000306. The fraction of sp³-hybridized carbons (Fsp3) is 0.500. The van der Waals surface area contributed by atoms with Crippen molar-refractivity contribution in [1.29, 1.82) is 0 Å². The van der Waals surface area contributed by atoms with Crippen LogP contribution in [0, 0.1) is 0 Å². The molecular formula is C24H33ClN6O2. The second-order valence-corrected chi connectivity index (χ2v) is 8.83. The van der Waals surface area contributed by atoms with Gasteiger partial charge < -0.3 is 15.5 Å². The molecule has 33 heavy (non-hydrogen) atoms. The predicted octanol–water partition coefficient (Wildman–Crippen LogP) is 2.69. The number of hydrogen-bond donors (Lipinski definition) is 1. The maximum atomic E-state index is 12.7. The molecule has 1 aromatic heterocycles. The minimum absolute atomic E-state index is 0. The highest BCUT2D eigenvalue weighted by atomic mass is 35.5. The fourth-order valence-electron chi connectivity index (χ4n) is 4.46. The molecule has 178 valence electrons. The molecule has 0 spiro atoms. The molecule has 8 nitrogen and oxygen atoms in total. The number of Topliss-reactive ketones (excluding diaryl/α,β-unsaturated/α-hetero) is 1. The summed E-state index contributed by atoms with van der Waals surface area (Å²) in [5, 5.41) is 0. The second-order valence-electron chi connectivity index (χ2n) is 8.83. The van der Waals surface area contributed by atoms with Crippen LogP contribution in [0.1, 0.15) is 53.5 Å². The van der Waals surface area contributed by atoms with Gasteiger partial charge in [-0.15, -0.1) is 12.4 Å². The van der Waals surface area contributed by atoms with Gasteiger partial charge in [0.2, 0.25) is 5.82 Å². The first-order valence-electron chi connectivity index (χ1n) is 11.4. The number of carbonyl (C=O) groups excluding carboxylic acids is 2. The molecule has 4 rings (SSSR count). The highest BCUT2D eigenvalue weighted by Crippen LogP contribution is 2.29. The van der Waals surface area contributed by atoms with Crippen LogP contribution in [0.15, 0.2) is 24.3 Å². The minimum atomic E-state index is -0.260. The van der Waals surface area contributed by atoms with Crippen LogP contribution in [-0.2, 0) is 24.3 Å². The van der Waals surface area contributed by atoms with E-state index in [0.29, 0.717) is 24.5 Å². The number of aromatic nitrogens is 2. The van der Waals surface area contributed by atoms with Crippen molar-refractivity contribution in [1.82, 2.24) is 19.8 Å². The molecule has 0 aliphatic carbocycles. The lowest BCUT2D eigenvalue weighted by Gasteiger charge is -2.30. The number of nitrogens with zero attached hydrogens (tertiary/aromatic N) is 5. The van der Waals surface area contributed by atoms with Crippen LogP contribution in [0.4, 0.5) is 11.6 Å². The molecule has 2 aromatic rings. The number of ketones is 1. The van der Waals surface area contributed by atoms with Gasteiger partial charge in [-0.05, 0) is 43.5 Å². The van der Waals surface area contributed by atoms with Gasteiger partial charge >= 0.3 is 0 Å². The monoisotopic (exact) mass is 472 g/mol. The lowest BCUT2D eigenvalue weighted by molar-refractivity contribution is -0.117. The molecule has 0 unspecified atom stereocenters. The molecule has 0 bridgehead atoms. The first-order chi connectivity index (χ1) is 15.4. The standard InChI is InChI=1S/C24H32N6O2.ClH/c1-3-10-28(2)24(32)22-26-21(25)20-13-19(31)16-30(23(20)27-22)15-18-8-6-17(7-9-18)14-29-11-4-5-12-29;/h6-9H,3-5,10-16H2,1-2H3,(H2,25,26,27);1H. The van der Waals surface area contributed by atoms with Gasteiger partial charge in [-0.1, -0.05) is 31.2 Å². The van der Waals surface area contributed by atoms with Crippen molar-refractivity contribution in [3.63, 3.8) is 0 Å². The van der Waals surface area contributed by atoms with Crippen LogP contribution >= 0.6 is 12.4 Å². The maximum Gasteiger partial charge on any atom is 0.291 e. The number of benzene rings is 1. The number of likely N-dealkylation sites (tertiary alicyclic amines) is 1. The van der Waals surface area contributed by atoms with E-state index in [1.165, 1.54) is 31.5 Å². The van der Waals surface area contributed by atoms with Crippen LogP contribution in [0.3, 0.4) is 0 Å². The van der Waals surface area contributed by atoms with Gasteiger partial charge in [-0.3, -0.25) is 14.5 Å². The number of hydrogen-bond acceptors (Lipinski definition) is 7. The van der Waals surface area contributed by atoms with Gasteiger partial charge in [0.1, 0.15) is 11.6 Å². The lowest BCUT2D eigenvalue weighted by atomic mass is 10.0. The van der Waals surface area contributed by atoms with Gasteiger partial charge in [-0.2, -0.15) is 0 Å². The molecule has 0 atom stereocenters. The van der Waals surface area contributed by atoms with Crippen LogP contribution in [0.25, 0.3) is 0 Å². The number of nitrogen functional groups attached to an aromatic ring is 1. The van der Waals surface area contributed by atoms with E-state index in [0.717, 1.165) is 18.5 Å². The summed E-state index contributed by atoms with van der Waals surface area (Å²) in [7, 11) is 1.73. The number of rotatable bonds is 7. The van der Waals surface area contributed by atoms with E-state index in [2.05, 4.69) is 39.1 Å². The molecule has 2 aliphatic heterocycles. The Morgan fingerprint density at radius 2 is 1.73 bits per heavy atom. The van der Waals surface area contributed by atoms with Crippen molar-refractivity contribution < 1.29 is 9.59 Å². The van der Waals surface area contributed by atoms with Gasteiger partial charge in [-0.25, -0.2) is 9.97 Å². The van der Waals surface area contributed by atoms with Gasteiger partial charge in [0.15, 0.2) is 5.78 Å². The van der Waals surface area contributed by atoms with E-state index in [4.69, 9.17) is 5.73 Å². The average Bonchev–Trinajstić information content (AvgIpc) is 3.28. The number of amides is 1. The molecule has 1 saturated heterocycles. The largest absolute Gasteiger partial charge is 0.383 e. The van der Waals surface area contributed by atoms with Gasteiger partial charge in [0.25, 0.3) is 5.91 Å². The first kappa shape index (κ1) is 24.9. The molecule has 0 saturated carbocycles. The van der Waals surface area contributed by atoms with E-state index in [-0.39, 0.29) is 48.7 Å². The maximum absolute atomic E-state index is 12.7. The van der Waals surface area contributed by atoms with Gasteiger partial charge in [0.05, 0.1) is 6.54 Å². The van der Waals surface area contributed by atoms with Crippen molar-refractivity contribution >= 4 is 35.7 Å². The highest BCUT2D eigenvalue weighted by Gasteiger charge is 2.29. The van der Waals surface area contributed by atoms with Crippen LogP contribution in [-0.4, -0.2) is 64.7 Å². The number of halogens is 1. The van der Waals surface area contributed by atoms with Gasteiger partial charge in [0, 0.05) is 38.7 Å². The third-order valence-corrected chi connectivity index (χ3v) is 6.16. The third-order valence-electron chi connectivity index (χ3n) is 6.16. The fourth-order valence-corrected chi connectivity index (χ4v) is 4.46. The Labute approximate surface area is 201 Å². The quantitative estimate of drug-likeness (QED) is 0.661. The number of nitrogens with two attached hydrogens (primary N) is 1. The van der Waals surface area contributed by atoms with Crippen molar-refractivity contribution in [2.45, 2.75) is 45.7 Å². The molecule has 1 amide bonds. The molecular weight excluding hydrogens is 440 g/mol. The van der Waals surface area contributed by atoms with Crippen LogP contribution in [0.5, 0.6) is 0 Å². The summed E-state index contributed by atoms with van der Waals surface area (Å²) in [5.41, 5.74) is 9.16. The van der Waals surface area contributed by atoms with Crippen LogP contribution < -0.4 is 10.6 Å². The summed E-state index contributed by atoms with van der Waals surface area (Å²) >= 11 is 0. The Kier molecular flexibility index (Phi) is 8.26. The van der Waals surface area contributed by atoms with E-state index in [1.54, 1.807) is 11.9 Å². The zero-order valence-corrected chi connectivity index (χ0v) is 20.2. The molecule has 1 fully saturated rings. The van der Waals surface area contributed by atoms with Crippen molar-refractivity contribution in [3.05, 3.63) is 46.8 Å². The summed E-state index contributed by atoms with van der Waals surface area (Å²) in [6, 6.07) is 8.53. The van der Waals surface area contributed by atoms with E-state index in [9.17, 15) is 9.59 Å². The first-order valence-corrected chi connectivity index (χ1v) is 11.4. The summed E-state index contributed by atoms with van der Waals surface area (Å²) < 4.78 is 0. The predicted molar refractivity (Wildman–Crippen MR) is 132 cm³/mol. The number of carbonyl (C=O) groups is 2. The molecule has 9 heteroatoms. The Bertz CT molecular complexity index is 991. The molecule has 3 heterocycles. The third kappa shape index (κ3) is 5.81. The van der Waals surface area contributed by atoms with E-state index < -0.39 is 0 Å². The number of anilines is 2. The summed E-state index contributed by atoms with van der Waals surface area (Å²) in [6.07, 6.45) is 3.61. The Morgan fingerprint density at radius 1 is 1.09 bits per heavy atom. The normalized spacial score (nSPS) is 15.8. The Hall–Kier alpha value is -2.71. The van der Waals surface area contributed by atoms with Crippen LogP contribution in [0.2, 0.25) is 0 Å². The summed E-state index contributed by atoms with van der Waals surface area (Å²) in [5.74, 6) is 0.691. The van der Waals surface area contributed by atoms with Crippen molar-refractivity contribution in [2.75, 3.05) is 43.9 Å². The topological polar surface area (TPSA) is 95.7 Å². The lowest BCUT2D eigenvalue weighted by Crippen LogP contribution is -2.38. The zero-order valence-electron chi connectivity index (χ0n) is 19.4. The Morgan fingerprint density at radius 3 is 2.36 bits per heavy atom.